The molecule has 7 heteroatoms. The van der Waals surface area contributed by atoms with E-state index in [0.29, 0.717) is 19.6 Å². The molecule has 6 nitrogen and oxygen atoms in total. The predicted molar refractivity (Wildman–Crippen MR) is 119 cm³/mol. The van der Waals surface area contributed by atoms with Gasteiger partial charge in [-0.3, -0.25) is 9.48 Å². The first-order valence-corrected chi connectivity index (χ1v) is 10.8. The van der Waals surface area contributed by atoms with E-state index in [1.165, 1.54) is 6.08 Å². The van der Waals surface area contributed by atoms with Crippen molar-refractivity contribution >= 4 is 29.3 Å². The van der Waals surface area contributed by atoms with Crippen molar-refractivity contribution in [2.75, 3.05) is 19.7 Å². The van der Waals surface area contributed by atoms with Crippen molar-refractivity contribution in [1.29, 1.82) is 0 Å². The first-order valence-electron chi connectivity index (χ1n) is 9.88. The van der Waals surface area contributed by atoms with Crippen molar-refractivity contribution in [2.24, 2.45) is 0 Å². The summed E-state index contributed by atoms with van der Waals surface area (Å²) in [6.07, 6.45) is 4.94. The van der Waals surface area contributed by atoms with Crippen LogP contribution in [-0.4, -0.2) is 46.3 Å². The van der Waals surface area contributed by atoms with E-state index in [1.54, 1.807) is 22.3 Å². The van der Waals surface area contributed by atoms with Gasteiger partial charge in [0, 0.05) is 30.9 Å². The van der Waals surface area contributed by atoms with Crippen molar-refractivity contribution in [3.63, 3.8) is 0 Å². The van der Waals surface area contributed by atoms with Gasteiger partial charge in [0.05, 0.1) is 11.4 Å². The molecular weight excluding hydrogens is 398 g/mol. The van der Waals surface area contributed by atoms with Crippen molar-refractivity contribution in [3.8, 4) is 10.6 Å². The summed E-state index contributed by atoms with van der Waals surface area (Å²) in [4.78, 5) is 26.7. The third-order valence-corrected chi connectivity index (χ3v) is 5.46. The molecular formula is C23H25N3O3S. The quantitative estimate of drug-likeness (QED) is 0.384. The Morgan fingerprint density at radius 2 is 1.90 bits per heavy atom. The third kappa shape index (κ3) is 5.67. The lowest BCUT2D eigenvalue weighted by molar-refractivity contribution is -0.147. The Hall–Kier alpha value is -3.19. The van der Waals surface area contributed by atoms with E-state index in [4.69, 9.17) is 9.84 Å². The smallest absolute Gasteiger partial charge is 0.331 e. The Morgan fingerprint density at radius 1 is 1.13 bits per heavy atom. The molecule has 0 fully saturated rings. The van der Waals surface area contributed by atoms with Crippen molar-refractivity contribution in [1.82, 2.24) is 14.7 Å². The fourth-order valence-corrected chi connectivity index (χ4v) is 3.75. The Bertz CT molecular complexity index is 990. The minimum atomic E-state index is -0.552. The highest BCUT2D eigenvalue weighted by Crippen LogP contribution is 2.27. The fraction of sp³-hybridized carbons (Fsp3) is 0.261. The maximum absolute atomic E-state index is 12.1. The summed E-state index contributed by atoms with van der Waals surface area (Å²) < 4.78 is 6.96. The van der Waals surface area contributed by atoms with Crippen LogP contribution in [0.4, 0.5) is 0 Å². The number of ether oxygens (including phenoxy) is 1. The normalized spacial score (nSPS) is 11.0. The number of benzene rings is 1. The summed E-state index contributed by atoms with van der Waals surface area (Å²) in [5.74, 6) is -0.750. The molecule has 30 heavy (non-hydrogen) atoms. The van der Waals surface area contributed by atoms with Gasteiger partial charge in [0.1, 0.15) is 5.69 Å². The number of aromatic nitrogens is 2. The number of hydrogen-bond acceptors (Lipinski definition) is 5. The molecule has 0 aliphatic heterocycles. The SMILES string of the molecule is CCN(CC)C(=O)COC(=O)/C=C/c1cn(Cc2ccccc2)nc1-c1cccs1. The number of carbonyl (C=O) groups excluding carboxylic acids is 2. The van der Waals surface area contributed by atoms with Crippen LogP contribution in [0.1, 0.15) is 25.0 Å². The van der Waals surface area contributed by atoms with E-state index in [2.05, 4.69) is 0 Å². The number of likely N-dealkylation sites (N-methyl/N-ethyl adjacent to an activating group) is 1. The van der Waals surface area contributed by atoms with Gasteiger partial charge in [-0.15, -0.1) is 11.3 Å². The lowest BCUT2D eigenvalue weighted by Crippen LogP contribution is -2.34. The number of rotatable bonds is 9. The number of nitrogens with zero attached hydrogens (tertiary/aromatic N) is 3. The van der Waals surface area contributed by atoms with Gasteiger partial charge in [0.25, 0.3) is 5.91 Å². The summed E-state index contributed by atoms with van der Waals surface area (Å²) >= 11 is 1.59. The van der Waals surface area contributed by atoms with Crippen LogP contribution in [0.3, 0.4) is 0 Å². The van der Waals surface area contributed by atoms with Crippen LogP contribution in [0.25, 0.3) is 16.6 Å². The molecule has 0 saturated heterocycles. The minimum absolute atomic E-state index is 0.197. The van der Waals surface area contributed by atoms with Crippen LogP contribution in [0, 0.1) is 0 Å². The van der Waals surface area contributed by atoms with Crippen molar-refractivity contribution in [2.45, 2.75) is 20.4 Å². The average molecular weight is 424 g/mol. The molecule has 0 radical (unpaired) electrons. The molecule has 0 saturated carbocycles. The highest BCUT2D eigenvalue weighted by molar-refractivity contribution is 7.13. The van der Waals surface area contributed by atoms with Crippen LogP contribution in [0.5, 0.6) is 0 Å². The molecule has 0 spiro atoms. The first-order chi connectivity index (χ1) is 14.6. The maximum atomic E-state index is 12.1. The van der Waals surface area contributed by atoms with Crippen LogP contribution < -0.4 is 0 Å². The van der Waals surface area contributed by atoms with E-state index in [-0.39, 0.29) is 12.5 Å². The van der Waals surface area contributed by atoms with Gasteiger partial charge in [-0.05, 0) is 36.9 Å². The molecule has 156 valence electrons. The second-order valence-electron chi connectivity index (χ2n) is 6.60. The standard InChI is InChI=1S/C23H25N3O3S/c1-3-25(4-2)21(27)17-29-22(28)13-12-19-16-26(15-18-9-6-5-7-10-18)24-23(19)20-11-8-14-30-20/h5-14,16H,3-4,15,17H2,1-2H3/b13-12+. The third-order valence-electron chi connectivity index (χ3n) is 4.58. The molecule has 1 amide bonds. The summed E-state index contributed by atoms with van der Waals surface area (Å²) in [6.45, 7) is 5.34. The molecule has 1 aromatic carbocycles. The van der Waals surface area contributed by atoms with Gasteiger partial charge < -0.3 is 9.64 Å². The summed E-state index contributed by atoms with van der Waals surface area (Å²) in [5.41, 5.74) is 2.77. The lowest BCUT2D eigenvalue weighted by Gasteiger charge is -2.17. The number of hydrogen-bond donors (Lipinski definition) is 0. The molecule has 0 aliphatic carbocycles. The summed E-state index contributed by atoms with van der Waals surface area (Å²) in [7, 11) is 0. The monoisotopic (exact) mass is 423 g/mol. The number of carbonyl (C=O) groups is 2. The Kier molecular flexibility index (Phi) is 7.57. The average Bonchev–Trinajstić information content (AvgIpc) is 3.42. The van der Waals surface area contributed by atoms with Crippen molar-refractivity contribution < 1.29 is 14.3 Å². The second kappa shape index (κ2) is 10.5. The van der Waals surface area contributed by atoms with Gasteiger partial charge >= 0.3 is 5.97 Å². The second-order valence-corrected chi connectivity index (χ2v) is 7.55. The Balaban J connectivity index is 1.72. The molecule has 0 unspecified atom stereocenters. The molecule has 0 aliphatic rings. The minimum Gasteiger partial charge on any atom is -0.452 e. The molecule has 2 aromatic heterocycles. The summed E-state index contributed by atoms with van der Waals surface area (Å²) in [6, 6.07) is 14.0. The zero-order valence-electron chi connectivity index (χ0n) is 17.2. The van der Waals surface area contributed by atoms with E-state index in [1.807, 2.05) is 72.6 Å². The topological polar surface area (TPSA) is 64.4 Å². The first kappa shape index (κ1) is 21.5. The van der Waals surface area contributed by atoms with Gasteiger partial charge in [-0.1, -0.05) is 36.4 Å². The zero-order valence-corrected chi connectivity index (χ0v) is 18.0. The molecule has 3 rings (SSSR count). The number of thiophene rings is 1. The van der Waals surface area contributed by atoms with E-state index in [9.17, 15) is 9.59 Å². The van der Waals surface area contributed by atoms with E-state index >= 15 is 0 Å². The largest absolute Gasteiger partial charge is 0.452 e. The lowest BCUT2D eigenvalue weighted by atomic mass is 10.2. The zero-order chi connectivity index (χ0) is 21.3. The molecule has 0 atom stereocenters. The Morgan fingerprint density at radius 3 is 2.57 bits per heavy atom. The van der Waals surface area contributed by atoms with E-state index < -0.39 is 5.97 Å². The molecule has 2 heterocycles. The Labute approximate surface area is 180 Å². The van der Waals surface area contributed by atoms with Gasteiger partial charge in [-0.25, -0.2) is 4.79 Å². The van der Waals surface area contributed by atoms with Gasteiger partial charge in [0.2, 0.25) is 0 Å². The molecule has 0 bridgehead atoms. The van der Waals surface area contributed by atoms with Crippen LogP contribution in [0.15, 0.2) is 60.1 Å². The summed E-state index contributed by atoms with van der Waals surface area (Å²) in [5, 5.41) is 6.70. The van der Waals surface area contributed by atoms with E-state index in [0.717, 1.165) is 21.7 Å². The highest BCUT2D eigenvalue weighted by Gasteiger charge is 2.13. The predicted octanol–water partition coefficient (Wildman–Crippen LogP) is 4.08. The van der Waals surface area contributed by atoms with Crippen LogP contribution in [-0.2, 0) is 20.9 Å². The maximum Gasteiger partial charge on any atom is 0.331 e. The number of esters is 1. The van der Waals surface area contributed by atoms with Gasteiger partial charge in [-0.2, -0.15) is 5.10 Å². The molecule has 0 N–H and O–H groups in total. The van der Waals surface area contributed by atoms with Crippen LogP contribution >= 0.6 is 11.3 Å². The molecule has 3 aromatic rings. The van der Waals surface area contributed by atoms with Gasteiger partial charge in [0.15, 0.2) is 6.61 Å². The van der Waals surface area contributed by atoms with Crippen LogP contribution in [0.2, 0.25) is 0 Å². The number of amides is 1. The highest BCUT2D eigenvalue weighted by atomic mass is 32.1. The fourth-order valence-electron chi connectivity index (χ4n) is 3.02. The van der Waals surface area contributed by atoms with Crippen molar-refractivity contribution in [3.05, 3.63) is 71.2 Å².